The van der Waals surface area contributed by atoms with Gasteiger partial charge in [-0.25, -0.2) is 0 Å². The standard InChI is InChI=1S/C34H46S2/c1-5-7-9-11-12-14-18-28(4)20-16-22-30-32-24-26-35-33(32)29(31-23-25-36-34(30)31)21-15-19-27(3)17-13-10-8-6-2/h23-28H,5-14,17-20H2,1-4H3. The van der Waals surface area contributed by atoms with Crippen molar-refractivity contribution in [3.8, 4) is 23.7 Å². The predicted octanol–water partition coefficient (Wildman–Crippen LogP) is 11.6. The van der Waals surface area contributed by atoms with Crippen molar-refractivity contribution in [1.82, 2.24) is 0 Å². The van der Waals surface area contributed by atoms with Crippen LogP contribution in [0.2, 0.25) is 0 Å². The molecule has 36 heavy (non-hydrogen) atoms. The van der Waals surface area contributed by atoms with E-state index in [0.717, 1.165) is 12.8 Å². The molecule has 0 saturated heterocycles. The maximum Gasteiger partial charge on any atom is 0.0518 e. The van der Waals surface area contributed by atoms with E-state index < -0.39 is 0 Å². The van der Waals surface area contributed by atoms with Gasteiger partial charge in [0.15, 0.2) is 0 Å². The Kier molecular flexibility index (Phi) is 13.0. The minimum Gasteiger partial charge on any atom is -0.142 e. The fourth-order valence-electron chi connectivity index (χ4n) is 4.92. The fourth-order valence-corrected chi connectivity index (χ4v) is 6.75. The smallest absolute Gasteiger partial charge is 0.0518 e. The molecule has 0 aliphatic rings. The SMILES string of the molecule is CCCCCCCCC(C)CC#Cc1c2ccsc2c(C#CCC(C)CCCCCC)c2ccsc12. The van der Waals surface area contributed by atoms with E-state index in [1.165, 1.54) is 108 Å². The van der Waals surface area contributed by atoms with Crippen molar-refractivity contribution >= 4 is 42.8 Å². The second kappa shape index (κ2) is 16.2. The Hall–Kier alpha value is -1.74. The molecule has 0 radical (unpaired) electrons. The molecule has 0 nitrogen and oxygen atoms in total. The number of unbranched alkanes of at least 4 members (excludes halogenated alkanes) is 8. The predicted molar refractivity (Wildman–Crippen MR) is 165 cm³/mol. The Labute approximate surface area is 229 Å². The van der Waals surface area contributed by atoms with Gasteiger partial charge in [0.05, 0.1) is 20.5 Å². The summed E-state index contributed by atoms with van der Waals surface area (Å²) in [4.78, 5) is 0. The molecule has 0 aliphatic carbocycles. The molecule has 0 fully saturated rings. The third kappa shape index (κ3) is 8.68. The van der Waals surface area contributed by atoms with Gasteiger partial charge in [0, 0.05) is 23.6 Å². The summed E-state index contributed by atoms with van der Waals surface area (Å²) in [6.45, 7) is 9.28. The zero-order valence-corrected chi connectivity index (χ0v) is 24.8. The van der Waals surface area contributed by atoms with E-state index in [2.05, 4.69) is 74.3 Å². The molecule has 2 heterocycles. The fraction of sp³-hybridized carbons (Fsp3) is 0.588. The number of rotatable bonds is 14. The number of thiophene rings is 2. The molecule has 2 heteroatoms. The monoisotopic (exact) mass is 518 g/mol. The lowest BCUT2D eigenvalue weighted by molar-refractivity contribution is 0.492. The van der Waals surface area contributed by atoms with Gasteiger partial charge in [-0.1, -0.05) is 116 Å². The highest BCUT2D eigenvalue weighted by molar-refractivity contribution is 7.19. The van der Waals surface area contributed by atoms with Crippen molar-refractivity contribution in [1.29, 1.82) is 0 Å². The number of benzene rings is 1. The molecule has 0 bridgehead atoms. The van der Waals surface area contributed by atoms with E-state index in [9.17, 15) is 0 Å². The van der Waals surface area contributed by atoms with Crippen LogP contribution in [-0.4, -0.2) is 0 Å². The third-order valence-corrected chi connectivity index (χ3v) is 9.12. The average Bonchev–Trinajstić information content (AvgIpc) is 3.55. The first-order chi connectivity index (χ1) is 17.7. The summed E-state index contributed by atoms with van der Waals surface area (Å²) in [5.41, 5.74) is 2.44. The maximum atomic E-state index is 3.61. The van der Waals surface area contributed by atoms with Crippen LogP contribution in [0.25, 0.3) is 20.2 Å². The van der Waals surface area contributed by atoms with Gasteiger partial charge < -0.3 is 0 Å². The van der Waals surface area contributed by atoms with Gasteiger partial charge in [0.2, 0.25) is 0 Å². The molecule has 3 aromatic rings. The first kappa shape index (κ1) is 28.8. The molecule has 0 N–H and O–H groups in total. The first-order valence-corrected chi connectivity index (χ1v) is 16.3. The maximum absolute atomic E-state index is 3.61. The van der Waals surface area contributed by atoms with Crippen LogP contribution < -0.4 is 0 Å². The lowest BCUT2D eigenvalue weighted by Gasteiger charge is -2.07. The Bertz CT molecular complexity index is 1120. The van der Waals surface area contributed by atoms with Crippen LogP contribution in [0.1, 0.15) is 129 Å². The van der Waals surface area contributed by atoms with Crippen LogP contribution in [0.15, 0.2) is 22.9 Å². The van der Waals surface area contributed by atoms with Crippen LogP contribution in [0.4, 0.5) is 0 Å². The molecule has 0 spiro atoms. The van der Waals surface area contributed by atoms with Gasteiger partial charge in [-0.05, 0) is 47.6 Å². The summed E-state index contributed by atoms with van der Waals surface area (Å²) in [6.07, 6.45) is 18.2. The molecule has 3 rings (SSSR count). The van der Waals surface area contributed by atoms with Crippen LogP contribution in [0, 0.1) is 35.5 Å². The summed E-state index contributed by atoms with van der Waals surface area (Å²) in [6, 6.07) is 4.51. The largest absolute Gasteiger partial charge is 0.142 e. The first-order valence-electron chi connectivity index (χ1n) is 14.5. The van der Waals surface area contributed by atoms with Crippen molar-refractivity contribution in [3.63, 3.8) is 0 Å². The minimum absolute atomic E-state index is 0.676. The van der Waals surface area contributed by atoms with Crippen molar-refractivity contribution in [2.24, 2.45) is 11.8 Å². The second-order valence-corrected chi connectivity index (χ2v) is 12.5. The summed E-state index contributed by atoms with van der Waals surface area (Å²) in [5.74, 6) is 15.7. The highest BCUT2D eigenvalue weighted by Crippen LogP contribution is 2.38. The molecular formula is C34H46S2. The Morgan fingerprint density at radius 1 is 0.611 bits per heavy atom. The summed E-state index contributed by atoms with van der Waals surface area (Å²) < 4.78 is 2.63. The molecule has 2 aromatic heterocycles. The van der Waals surface area contributed by atoms with Crippen molar-refractivity contribution < 1.29 is 0 Å². The zero-order valence-electron chi connectivity index (χ0n) is 23.2. The molecule has 0 amide bonds. The van der Waals surface area contributed by atoms with E-state index in [1.54, 1.807) is 0 Å². The quantitative estimate of drug-likeness (QED) is 0.147. The molecule has 2 unspecified atom stereocenters. The average molecular weight is 519 g/mol. The Balaban J connectivity index is 1.67. The third-order valence-electron chi connectivity index (χ3n) is 7.25. The molecule has 2 atom stereocenters. The number of fused-ring (bicyclic) bond motifs is 2. The van der Waals surface area contributed by atoms with Gasteiger partial charge >= 0.3 is 0 Å². The van der Waals surface area contributed by atoms with E-state index in [4.69, 9.17) is 0 Å². The van der Waals surface area contributed by atoms with Crippen molar-refractivity contribution in [2.75, 3.05) is 0 Å². The normalized spacial score (nSPS) is 12.8. The highest BCUT2D eigenvalue weighted by Gasteiger charge is 2.14. The second-order valence-electron chi connectivity index (χ2n) is 10.7. The van der Waals surface area contributed by atoms with Crippen LogP contribution in [0.5, 0.6) is 0 Å². The van der Waals surface area contributed by atoms with Crippen LogP contribution >= 0.6 is 22.7 Å². The molecule has 1 aromatic carbocycles. The highest BCUT2D eigenvalue weighted by atomic mass is 32.1. The van der Waals surface area contributed by atoms with E-state index in [1.807, 2.05) is 22.7 Å². The van der Waals surface area contributed by atoms with Gasteiger partial charge in [-0.15, -0.1) is 22.7 Å². The molecular weight excluding hydrogens is 473 g/mol. The van der Waals surface area contributed by atoms with E-state index in [-0.39, 0.29) is 0 Å². The number of hydrogen-bond donors (Lipinski definition) is 0. The van der Waals surface area contributed by atoms with E-state index >= 15 is 0 Å². The Morgan fingerprint density at radius 3 is 1.50 bits per heavy atom. The number of hydrogen-bond acceptors (Lipinski definition) is 2. The van der Waals surface area contributed by atoms with Gasteiger partial charge in [-0.3, -0.25) is 0 Å². The van der Waals surface area contributed by atoms with Gasteiger partial charge in [0.25, 0.3) is 0 Å². The lowest BCUT2D eigenvalue weighted by atomic mass is 9.98. The van der Waals surface area contributed by atoms with Crippen molar-refractivity contribution in [2.45, 2.75) is 118 Å². The molecule has 194 valence electrons. The molecule has 0 aliphatic heterocycles. The van der Waals surface area contributed by atoms with Crippen molar-refractivity contribution in [3.05, 3.63) is 34.0 Å². The summed E-state index contributed by atoms with van der Waals surface area (Å²) >= 11 is 3.64. The van der Waals surface area contributed by atoms with Gasteiger partial charge in [0.1, 0.15) is 0 Å². The topological polar surface area (TPSA) is 0 Å². The summed E-state index contributed by atoms with van der Waals surface area (Å²) in [7, 11) is 0. The Morgan fingerprint density at radius 2 is 1.03 bits per heavy atom. The molecule has 0 saturated carbocycles. The minimum atomic E-state index is 0.676. The summed E-state index contributed by atoms with van der Waals surface area (Å²) in [5, 5.41) is 7.01. The lowest BCUT2D eigenvalue weighted by Crippen LogP contribution is -1.93. The van der Waals surface area contributed by atoms with Crippen LogP contribution in [-0.2, 0) is 0 Å². The van der Waals surface area contributed by atoms with Gasteiger partial charge in [-0.2, -0.15) is 0 Å². The van der Waals surface area contributed by atoms with Crippen LogP contribution in [0.3, 0.4) is 0 Å². The van der Waals surface area contributed by atoms with E-state index in [0.29, 0.717) is 11.8 Å². The zero-order chi connectivity index (χ0) is 25.6.